The number of rotatable bonds is 7. The molecule has 0 aliphatic rings. The highest BCUT2D eigenvalue weighted by atomic mass is 14.9. The van der Waals surface area contributed by atoms with Gasteiger partial charge < -0.3 is 0 Å². The Balaban J connectivity index is 1.05. The Morgan fingerprint density at radius 3 is 1.05 bits per heavy atom. The fourth-order valence-corrected chi connectivity index (χ4v) is 7.55. The number of aromatic nitrogens is 4. The summed E-state index contributed by atoms with van der Waals surface area (Å²) in [6.45, 7) is 0. The fourth-order valence-electron chi connectivity index (χ4n) is 7.55. The molecule has 0 aliphatic heterocycles. The second-order valence-electron chi connectivity index (χ2n) is 13.8. The lowest BCUT2D eigenvalue weighted by Crippen LogP contribution is -1.96. The predicted octanol–water partition coefficient (Wildman–Crippen LogP) is 13.2. The van der Waals surface area contributed by atoms with Gasteiger partial charge in [0.2, 0.25) is 0 Å². The monoisotopic (exact) mass is 714 g/mol. The zero-order valence-corrected chi connectivity index (χ0v) is 30.4. The topological polar surface area (TPSA) is 51.6 Å². The summed E-state index contributed by atoms with van der Waals surface area (Å²) in [5.74, 6) is 1.42. The second kappa shape index (κ2) is 14.3. The van der Waals surface area contributed by atoms with Gasteiger partial charge in [0.05, 0.1) is 22.8 Å². The van der Waals surface area contributed by atoms with E-state index in [1.54, 1.807) is 0 Å². The Morgan fingerprint density at radius 1 is 0.214 bits per heavy atom. The Morgan fingerprint density at radius 2 is 0.571 bits per heavy atom. The van der Waals surface area contributed by atoms with Crippen LogP contribution < -0.4 is 0 Å². The number of benzene rings is 8. The molecule has 0 saturated carbocycles. The van der Waals surface area contributed by atoms with Gasteiger partial charge >= 0.3 is 0 Å². The Bertz CT molecular complexity index is 2870. The standard InChI is InChI=1S/C52H34N4/c1-5-15-36(16-6-1)47-33-48(54-51(53-47)39-19-9-3-10-20-39)38-29-27-35(28-30-38)41-23-13-24-42-43-25-14-26-46(45(43)32-31-44(41)42)50-34-49(37-17-7-2-8-18-37)55-52(56-50)40-21-11-4-12-22-40/h1-34H. The van der Waals surface area contributed by atoms with Crippen molar-refractivity contribution in [3.8, 4) is 78.9 Å². The average molecular weight is 715 g/mol. The Labute approximate surface area is 325 Å². The van der Waals surface area contributed by atoms with Crippen molar-refractivity contribution < 1.29 is 0 Å². The van der Waals surface area contributed by atoms with Crippen LogP contribution in [0, 0.1) is 0 Å². The van der Waals surface area contributed by atoms with Crippen LogP contribution >= 0.6 is 0 Å². The SMILES string of the molecule is c1ccc(-c2cc(-c3ccc(-c4cccc5c4ccc4c(-c6cc(-c7ccccc7)nc(-c7ccccc7)n6)cccc45)cc3)nc(-c3ccccc3)n2)cc1. The van der Waals surface area contributed by atoms with E-state index in [1.807, 2.05) is 72.8 Å². The van der Waals surface area contributed by atoms with Gasteiger partial charge in [-0.3, -0.25) is 0 Å². The van der Waals surface area contributed by atoms with E-state index < -0.39 is 0 Å². The van der Waals surface area contributed by atoms with E-state index in [-0.39, 0.29) is 0 Å². The molecule has 4 heteroatoms. The lowest BCUT2D eigenvalue weighted by atomic mass is 9.92. The summed E-state index contributed by atoms with van der Waals surface area (Å²) in [7, 11) is 0. The van der Waals surface area contributed by atoms with Gasteiger partial charge in [0.25, 0.3) is 0 Å². The van der Waals surface area contributed by atoms with Crippen LogP contribution in [0.4, 0.5) is 0 Å². The molecular formula is C52H34N4. The second-order valence-corrected chi connectivity index (χ2v) is 13.8. The van der Waals surface area contributed by atoms with Crippen LogP contribution in [-0.4, -0.2) is 19.9 Å². The first-order chi connectivity index (χ1) is 27.7. The molecule has 0 amide bonds. The van der Waals surface area contributed by atoms with Crippen molar-refractivity contribution in [2.45, 2.75) is 0 Å². The van der Waals surface area contributed by atoms with Crippen molar-refractivity contribution in [1.29, 1.82) is 0 Å². The van der Waals surface area contributed by atoms with Gasteiger partial charge in [0.1, 0.15) is 0 Å². The molecular weight excluding hydrogens is 681 g/mol. The van der Waals surface area contributed by atoms with Gasteiger partial charge in [0, 0.05) is 33.4 Å². The van der Waals surface area contributed by atoms with Crippen LogP contribution in [0.15, 0.2) is 206 Å². The molecule has 0 atom stereocenters. The lowest BCUT2D eigenvalue weighted by Gasteiger charge is -2.14. The van der Waals surface area contributed by atoms with Gasteiger partial charge in [-0.05, 0) is 44.8 Å². The highest BCUT2D eigenvalue weighted by Gasteiger charge is 2.16. The summed E-state index contributed by atoms with van der Waals surface area (Å²) in [6, 6.07) is 71.6. The molecule has 0 bridgehead atoms. The maximum absolute atomic E-state index is 5.15. The lowest BCUT2D eigenvalue weighted by molar-refractivity contribution is 1.18. The van der Waals surface area contributed by atoms with Crippen molar-refractivity contribution >= 4 is 21.5 Å². The summed E-state index contributed by atoms with van der Waals surface area (Å²) in [5, 5.41) is 4.73. The van der Waals surface area contributed by atoms with Gasteiger partial charge in [-0.1, -0.05) is 194 Å². The largest absolute Gasteiger partial charge is 0.228 e. The minimum Gasteiger partial charge on any atom is -0.228 e. The smallest absolute Gasteiger partial charge is 0.160 e. The third-order valence-corrected chi connectivity index (χ3v) is 10.3. The average Bonchev–Trinajstić information content (AvgIpc) is 3.29. The first-order valence-electron chi connectivity index (χ1n) is 18.8. The number of hydrogen-bond acceptors (Lipinski definition) is 4. The van der Waals surface area contributed by atoms with E-state index in [4.69, 9.17) is 19.9 Å². The van der Waals surface area contributed by atoms with Crippen molar-refractivity contribution in [1.82, 2.24) is 19.9 Å². The first kappa shape index (κ1) is 33.0. The molecule has 0 spiro atoms. The van der Waals surface area contributed by atoms with Crippen LogP contribution in [0.1, 0.15) is 0 Å². The van der Waals surface area contributed by atoms with E-state index in [0.717, 1.165) is 67.1 Å². The summed E-state index contributed by atoms with van der Waals surface area (Å²) < 4.78 is 0. The van der Waals surface area contributed by atoms with E-state index in [0.29, 0.717) is 11.6 Å². The maximum Gasteiger partial charge on any atom is 0.160 e. The van der Waals surface area contributed by atoms with Crippen molar-refractivity contribution in [2.75, 3.05) is 0 Å². The summed E-state index contributed by atoms with van der Waals surface area (Å²) >= 11 is 0. The molecule has 0 aliphatic carbocycles. The zero-order valence-electron chi connectivity index (χ0n) is 30.4. The molecule has 10 aromatic rings. The van der Waals surface area contributed by atoms with E-state index in [9.17, 15) is 0 Å². The molecule has 0 unspecified atom stereocenters. The molecule has 8 aromatic carbocycles. The van der Waals surface area contributed by atoms with Crippen LogP contribution in [0.25, 0.3) is 100 Å². The fraction of sp³-hybridized carbons (Fsp3) is 0. The molecule has 0 fully saturated rings. The third kappa shape index (κ3) is 6.29. The number of hydrogen-bond donors (Lipinski definition) is 0. The van der Waals surface area contributed by atoms with Crippen LogP contribution in [0.3, 0.4) is 0 Å². The van der Waals surface area contributed by atoms with E-state index >= 15 is 0 Å². The van der Waals surface area contributed by atoms with Gasteiger partial charge in [-0.2, -0.15) is 0 Å². The minimum absolute atomic E-state index is 0.708. The van der Waals surface area contributed by atoms with Gasteiger partial charge in [-0.15, -0.1) is 0 Å². The Kier molecular flexibility index (Phi) is 8.47. The summed E-state index contributed by atoms with van der Waals surface area (Å²) in [4.78, 5) is 20.2. The van der Waals surface area contributed by atoms with Crippen molar-refractivity contribution in [3.05, 3.63) is 206 Å². The normalized spacial score (nSPS) is 11.2. The number of fused-ring (bicyclic) bond motifs is 3. The molecule has 0 saturated heterocycles. The molecule has 2 aromatic heterocycles. The van der Waals surface area contributed by atoms with Gasteiger partial charge in [0.15, 0.2) is 11.6 Å². The quantitative estimate of drug-likeness (QED) is 0.154. The van der Waals surface area contributed by atoms with Crippen molar-refractivity contribution in [2.24, 2.45) is 0 Å². The van der Waals surface area contributed by atoms with Crippen LogP contribution in [-0.2, 0) is 0 Å². The van der Waals surface area contributed by atoms with E-state index in [2.05, 4.69) is 133 Å². The minimum atomic E-state index is 0.708. The highest BCUT2D eigenvalue weighted by Crippen LogP contribution is 2.38. The molecule has 0 N–H and O–H groups in total. The van der Waals surface area contributed by atoms with E-state index in [1.165, 1.54) is 21.7 Å². The zero-order chi connectivity index (χ0) is 37.3. The number of nitrogens with zero attached hydrogens (tertiary/aromatic N) is 4. The molecule has 10 rings (SSSR count). The predicted molar refractivity (Wildman–Crippen MR) is 231 cm³/mol. The molecule has 262 valence electrons. The molecule has 56 heavy (non-hydrogen) atoms. The first-order valence-corrected chi connectivity index (χ1v) is 18.8. The molecule has 4 nitrogen and oxygen atoms in total. The van der Waals surface area contributed by atoms with Crippen LogP contribution in [0.5, 0.6) is 0 Å². The Hall–Kier alpha value is -7.56. The third-order valence-electron chi connectivity index (χ3n) is 10.3. The van der Waals surface area contributed by atoms with Gasteiger partial charge in [-0.25, -0.2) is 19.9 Å². The molecule has 2 heterocycles. The van der Waals surface area contributed by atoms with Crippen molar-refractivity contribution in [3.63, 3.8) is 0 Å². The summed E-state index contributed by atoms with van der Waals surface area (Å²) in [5.41, 5.74) is 12.1. The maximum atomic E-state index is 5.15. The molecule has 0 radical (unpaired) electrons. The highest BCUT2D eigenvalue weighted by molar-refractivity contribution is 6.15. The summed E-state index contributed by atoms with van der Waals surface area (Å²) in [6.07, 6.45) is 0. The van der Waals surface area contributed by atoms with Crippen LogP contribution in [0.2, 0.25) is 0 Å².